The first-order valence-electron chi connectivity index (χ1n) is 12.3. The molecule has 1 aliphatic heterocycles. The van der Waals surface area contributed by atoms with Gasteiger partial charge in [-0.2, -0.15) is 0 Å². The summed E-state index contributed by atoms with van der Waals surface area (Å²) in [5, 5.41) is 4.48. The molecule has 1 aromatic carbocycles. The molecule has 1 amide bonds. The van der Waals surface area contributed by atoms with Gasteiger partial charge in [0.15, 0.2) is 0 Å². The van der Waals surface area contributed by atoms with Gasteiger partial charge in [-0.15, -0.1) is 0 Å². The number of fused-ring (bicyclic) bond motifs is 1. The lowest BCUT2D eigenvalue weighted by atomic mass is 9.95. The number of hydrogen-bond donors (Lipinski definition) is 2. The van der Waals surface area contributed by atoms with Crippen molar-refractivity contribution < 1.29 is 9.53 Å². The van der Waals surface area contributed by atoms with Gasteiger partial charge in [-0.05, 0) is 81.6 Å². The number of benzene rings is 1. The Morgan fingerprint density at radius 2 is 1.94 bits per heavy atom. The molecule has 1 aromatic heterocycles. The Balaban J connectivity index is 1.73. The zero-order valence-corrected chi connectivity index (χ0v) is 20.4. The summed E-state index contributed by atoms with van der Waals surface area (Å²) >= 11 is 0. The number of anilines is 1. The number of aryl methyl sites for hydroxylation is 1. The normalized spacial score (nSPS) is 17.6. The van der Waals surface area contributed by atoms with Gasteiger partial charge >= 0.3 is 0 Å². The zero-order valence-electron chi connectivity index (χ0n) is 20.4. The van der Waals surface area contributed by atoms with Crippen LogP contribution >= 0.6 is 0 Å². The van der Waals surface area contributed by atoms with Crippen LogP contribution in [0.5, 0.6) is 0 Å². The second-order valence-corrected chi connectivity index (χ2v) is 9.81. The number of carbonyl (C=O) groups is 1. The summed E-state index contributed by atoms with van der Waals surface area (Å²) in [5.41, 5.74) is 4.95. The highest BCUT2D eigenvalue weighted by Gasteiger charge is 2.26. The van der Waals surface area contributed by atoms with Crippen LogP contribution in [0.25, 0.3) is 17.0 Å². The van der Waals surface area contributed by atoms with Crippen LogP contribution in [0, 0.1) is 18.8 Å². The molecule has 2 aliphatic rings. The smallest absolute Gasteiger partial charge is 0.257 e. The minimum absolute atomic E-state index is 0.0754. The van der Waals surface area contributed by atoms with Crippen LogP contribution in [0.15, 0.2) is 22.5 Å². The van der Waals surface area contributed by atoms with E-state index >= 15 is 0 Å². The number of likely N-dealkylation sites (tertiary alicyclic amines) is 1. The number of nitrogens with zero attached hydrogens (tertiary/aromatic N) is 1. The van der Waals surface area contributed by atoms with Crippen LogP contribution < -0.4 is 10.9 Å². The molecule has 0 radical (unpaired) electrons. The summed E-state index contributed by atoms with van der Waals surface area (Å²) < 4.78 is 5.30. The molecule has 1 aliphatic carbocycles. The fraction of sp³-hybridized carbons (Fsp3) is 0.556. The van der Waals surface area contributed by atoms with Crippen LogP contribution in [0.4, 0.5) is 5.69 Å². The monoisotopic (exact) mass is 451 g/mol. The summed E-state index contributed by atoms with van der Waals surface area (Å²) in [5.74, 6) is 1.27. The number of aromatic nitrogens is 1. The van der Waals surface area contributed by atoms with E-state index in [1.165, 1.54) is 12.8 Å². The third-order valence-electron chi connectivity index (χ3n) is 7.14. The van der Waals surface area contributed by atoms with E-state index in [1.54, 1.807) is 7.11 Å². The molecule has 2 fully saturated rings. The van der Waals surface area contributed by atoms with Crippen LogP contribution in [0.2, 0.25) is 0 Å². The number of allylic oxidation sites excluding steroid dienone is 1. The van der Waals surface area contributed by atoms with Gasteiger partial charge in [0.2, 0.25) is 0 Å². The van der Waals surface area contributed by atoms with Gasteiger partial charge in [-0.25, -0.2) is 0 Å². The molecule has 178 valence electrons. The number of piperidine rings is 1. The lowest BCUT2D eigenvalue weighted by Gasteiger charge is -2.32. The highest BCUT2D eigenvalue weighted by Crippen LogP contribution is 2.33. The molecule has 0 bridgehead atoms. The Hall–Kier alpha value is -2.60. The van der Waals surface area contributed by atoms with Crippen LogP contribution in [-0.4, -0.2) is 49.1 Å². The second-order valence-electron chi connectivity index (χ2n) is 9.81. The average Bonchev–Trinajstić information content (AvgIpc) is 3.63. The Bertz CT molecular complexity index is 1110. The number of amides is 1. The van der Waals surface area contributed by atoms with Crippen molar-refractivity contribution in [2.45, 2.75) is 52.9 Å². The van der Waals surface area contributed by atoms with E-state index in [-0.39, 0.29) is 11.5 Å². The Labute approximate surface area is 196 Å². The van der Waals surface area contributed by atoms with Crippen molar-refractivity contribution in [2.24, 2.45) is 11.8 Å². The molecule has 0 unspecified atom stereocenters. The standard InChI is InChI=1S/C27H37N3O3/c1-5-17(2)12-23-25(28-15-19-6-7-19)22-14-21(18(3)13-24(22)29-26(23)31)27(32)30-10-8-20(9-11-30)16-33-4/h12-14,19-20H,5-11,15-16H2,1-4H3,(H2,28,29,31)/b17-12-. The van der Waals surface area contributed by atoms with E-state index < -0.39 is 0 Å². The van der Waals surface area contributed by atoms with Crippen molar-refractivity contribution in [3.05, 3.63) is 44.7 Å². The fourth-order valence-electron chi connectivity index (χ4n) is 4.65. The number of aromatic amines is 1. The fourth-order valence-corrected chi connectivity index (χ4v) is 4.65. The number of methoxy groups -OCH3 is 1. The molecular formula is C27H37N3O3. The first kappa shape index (κ1) is 23.6. The number of H-pyrrole nitrogens is 1. The van der Waals surface area contributed by atoms with Crippen molar-refractivity contribution in [3.8, 4) is 0 Å². The van der Waals surface area contributed by atoms with E-state index in [9.17, 15) is 9.59 Å². The molecule has 33 heavy (non-hydrogen) atoms. The third-order valence-corrected chi connectivity index (χ3v) is 7.14. The number of nitrogens with one attached hydrogen (secondary N) is 2. The van der Waals surface area contributed by atoms with Crippen molar-refractivity contribution in [3.63, 3.8) is 0 Å². The predicted molar refractivity (Wildman–Crippen MR) is 135 cm³/mol. The maximum absolute atomic E-state index is 13.5. The topological polar surface area (TPSA) is 74.4 Å². The van der Waals surface area contributed by atoms with Crippen LogP contribution in [0.3, 0.4) is 0 Å². The van der Waals surface area contributed by atoms with Gasteiger partial charge in [0.05, 0.1) is 16.8 Å². The maximum atomic E-state index is 13.5. The SMILES string of the molecule is CC/C(C)=C\c1c(NCC2CC2)c2cc(C(=O)N3CCC(COC)CC3)c(C)cc2[nH]c1=O. The number of pyridine rings is 1. The molecule has 0 atom stereocenters. The largest absolute Gasteiger partial charge is 0.384 e. The number of hydrogen-bond acceptors (Lipinski definition) is 4. The summed E-state index contributed by atoms with van der Waals surface area (Å²) in [4.78, 5) is 31.5. The zero-order chi connectivity index (χ0) is 23.5. The number of carbonyl (C=O) groups excluding carboxylic acids is 1. The minimum Gasteiger partial charge on any atom is -0.384 e. The summed E-state index contributed by atoms with van der Waals surface area (Å²) in [6, 6.07) is 3.93. The van der Waals surface area contributed by atoms with Crippen molar-refractivity contribution in [2.75, 3.05) is 38.7 Å². The predicted octanol–water partition coefficient (Wildman–Crippen LogP) is 4.97. The van der Waals surface area contributed by atoms with Gasteiger partial charge < -0.3 is 19.9 Å². The van der Waals surface area contributed by atoms with Crippen molar-refractivity contribution in [1.29, 1.82) is 0 Å². The molecular weight excluding hydrogens is 414 g/mol. The molecule has 6 nitrogen and oxygen atoms in total. The Kier molecular flexibility index (Phi) is 7.23. The number of ether oxygens (including phenoxy) is 1. The van der Waals surface area contributed by atoms with Crippen molar-refractivity contribution >= 4 is 28.6 Å². The lowest BCUT2D eigenvalue weighted by Crippen LogP contribution is -2.39. The van der Waals surface area contributed by atoms with Gasteiger partial charge in [-0.1, -0.05) is 12.5 Å². The second kappa shape index (κ2) is 10.1. The van der Waals surface area contributed by atoms with Crippen molar-refractivity contribution in [1.82, 2.24) is 9.88 Å². The molecule has 2 aromatic rings. The first-order valence-corrected chi connectivity index (χ1v) is 12.3. The summed E-state index contributed by atoms with van der Waals surface area (Å²) in [7, 11) is 1.74. The van der Waals surface area contributed by atoms with Gasteiger partial charge in [-0.3, -0.25) is 9.59 Å². The summed E-state index contributed by atoms with van der Waals surface area (Å²) in [6.07, 6.45) is 7.27. The lowest BCUT2D eigenvalue weighted by molar-refractivity contribution is 0.0613. The Morgan fingerprint density at radius 1 is 1.21 bits per heavy atom. The first-order chi connectivity index (χ1) is 15.9. The molecule has 0 spiro atoms. The molecule has 4 rings (SSSR count). The van der Waals surface area contributed by atoms with E-state index in [4.69, 9.17) is 4.74 Å². The third kappa shape index (κ3) is 5.32. The maximum Gasteiger partial charge on any atom is 0.257 e. The molecule has 6 heteroatoms. The van der Waals surface area contributed by atoms with E-state index in [0.717, 1.165) is 78.8 Å². The minimum atomic E-state index is -0.0905. The Morgan fingerprint density at radius 3 is 2.58 bits per heavy atom. The van der Waals surface area contributed by atoms with Crippen LogP contribution in [0.1, 0.15) is 67.4 Å². The van der Waals surface area contributed by atoms with E-state index in [2.05, 4.69) is 17.2 Å². The van der Waals surface area contributed by atoms with Crippen LogP contribution in [-0.2, 0) is 4.74 Å². The highest BCUT2D eigenvalue weighted by molar-refractivity contribution is 6.03. The molecule has 2 N–H and O–H groups in total. The highest BCUT2D eigenvalue weighted by atomic mass is 16.5. The number of rotatable bonds is 8. The van der Waals surface area contributed by atoms with E-state index in [1.807, 2.05) is 37.0 Å². The molecule has 1 saturated heterocycles. The van der Waals surface area contributed by atoms with Gasteiger partial charge in [0, 0.05) is 44.3 Å². The van der Waals surface area contributed by atoms with Gasteiger partial charge in [0.1, 0.15) is 0 Å². The van der Waals surface area contributed by atoms with E-state index in [0.29, 0.717) is 17.4 Å². The van der Waals surface area contributed by atoms with Gasteiger partial charge in [0.25, 0.3) is 11.5 Å². The molecule has 2 heterocycles. The molecule has 1 saturated carbocycles. The quantitative estimate of drug-likeness (QED) is 0.594. The average molecular weight is 452 g/mol. The summed E-state index contributed by atoms with van der Waals surface area (Å²) in [6.45, 7) is 9.22.